The van der Waals surface area contributed by atoms with Crippen LogP contribution in [0.5, 0.6) is 0 Å². The van der Waals surface area contributed by atoms with Crippen LogP contribution in [0.25, 0.3) is 0 Å². The van der Waals surface area contributed by atoms with Crippen molar-refractivity contribution in [2.75, 3.05) is 30.9 Å². The minimum atomic E-state index is -0.442. The standard InChI is InChI=1S/C14H19N3O3/c1-19-14(18)10-6-5-9(15)13(16-10)17-7-8-20-12-4-2-3-11(12)17/h5-6,11-12H,2-4,7-8,15H2,1H3. The Morgan fingerprint density at radius 3 is 3.15 bits per heavy atom. The van der Waals surface area contributed by atoms with Gasteiger partial charge in [0.15, 0.2) is 11.5 Å². The molecule has 2 atom stereocenters. The molecular formula is C14H19N3O3. The van der Waals surface area contributed by atoms with Crippen LogP contribution in [-0.2, 0) is 9.47 Å². The summed E-state index contributed by atoms with van der Waals surface area (Å²) in [6.07, 6.45) is 3.57. The van der Waals surface area contributed by atoms with Crippen LogP contribution < -0.4 is 10.6 Å². The number of aromatic nitrogens is 1. The summed E-state index contributed by atoms with van der Waals surface area (Å²) in [5, 5.41) is 0. The molecule has 20 heavy (non-hydrogen) atoms. The number of pyridine rings is 1. The van der Waals surface area contributed by atoms with Crippen LogP contribution in [0, 0.1) is 0 Å². The Kier molecular flexibility index (Phi) is 3.48. The van der Waals surface area contributed by atoms with E-state index in [1.165, 1.54) is 7.11 Å². The van der Waals surface area contributed by atoms with Crippen LogP contribution in [0.1, 0.15) is 29.8 Å². The normalized spacial score (nSPS) is 25.4. The molecule has 1 saturated carbocycles. The number of rotatable bonds is 2. The van der Waals surface area contributed by atoms with Gasteiger partial charge < -0.3 is 20.1 Å². The molecule has 108 valence electrons. The summed E-state index contributed by atoms with van der Waals surface area (Å²) in [5.74, 6) is 0.232. The van der Waals surface area contributed by atoms with Crippen LogP contribution in [-0.4, -0.2) is 43.4 Å². The molecule has 6 heteroatoms. The Balaban J connectivity index is 1.93. The van der Waals surface area contributed by atoms with Gasteiger partial charge in [-0.15, -0.1) is 0 Å². The molecule has 2 unspecified atom stereocenters. The van der Waals surface area contributed by atoms with Crippen LogP contribution in [0.2, 0.25) is 0 Å². The number of ether oxygens (including phenoxy) is 2. The number of nitrogens with two attached hydrogens (primary N) is 1. The first-order valence-corrected chi connectivity index (χ1v) is 6.94. The van der Waals surface area contributed by atoms with Crippen molar-refractivity contribution in [3.63, 3.8) is 0 Å². The van der Waals surface area contributed by atoms with Crippen molar-refractivity contribution < 1.29 is 14.3 Å². The molecule has 1 aromatic rings. The van der Waals surface area contributed by atoms with E-state index in [2.05, 4.69) is 9.88 Å². The van der Waals surface area contributed by atoms with Gasteiger partial charge in [-0.25, -0.2) is 9.78 Å². The van der Waals surface area contributed by atoms with Crippen molar-refractivity contribution >= 4 is 17.5 Å². The lowest BCUT2D eigenvalue weighted by Gasteiger charge is -2.39. The predicted octanol–water partition coefficient (Wildman–Crippen LogP) is 1.21. The first-order chi connectivity index (χ1) is 9.70. The molecule has 2 fully saturated rings. The molecule has 1 saturated heterocycles. The van der Waals surface area contributed by atoms with Gasteiger partial charge in [0, 0.05) is 6.54 Å². The zero-order valence-electron chi connectivity index (χ0n) is 11.5. The number of methoxy groups -OCH3 is 1. The van der Waals surface area contributed by atoms with Gasteiger partial charge in [0.25, 0.3) is 0 Å². The number of esters is 1. The van der Waals surface area contributed by atoms with Crippen LogP contribution in [0.4, 0.5) is 11.5 Å². The second-order valence-corrected chi connectivity index (χ2v) is 5.20. The van der Waals surface area contributed by atoms with E-state index in [9.17, 15) is 4.79 Å². The molecule has 1 aliphatic carbocycles. The number of anilines is 2. The summed E-state index contributed by atoms with van der Waals surface area (Å²) < 4.78 is 10.5. The molecule has 2 N–H and O–H groups in total. The van der Waals surface area contributed by atoms with E-state index < -0.39 is 5.97 Å². The van der Waals surface area contributed by atoms with Crippen molar-refractivity contribution in [1.29, 1.82) is 0 Å². The van der Waals surface area contributed by atoms with E-state index in [1.54, 1.807) is 12.1 Å². The van der Waals surface area contributed by atoms with E-state index in [-0.39, 0.29) is 11.8 Å². The molecule has 1 aliphatic heterocycles. The van der Waals surface area contributed by atoms with E-state index in [0.29, 0.717) is 24.2 Å². The van der Waals surface area contributed by atoms with Crippen molar-refractivity contribution in [2.45, 2.75) is 31.4 Å². The van der Waals surface area contributed by atoms with Gasteiger partial charge in [-0.2, -0.15) is 0 Å². The molecule has 0 bridgehead atoms. The fourth-order valence-electron chi connectivity index (χ4n) is 3.10. The van der Waals surface area contributed by atoms with E-state index in [4.69, 9.17) is 15.2 Å². The fourth-order valence-corrected chi connectivity index (χ4v) is 3.10. The zero-order valence-corrected chi connectivity index (χ0v) is 11.5. The number of fused-ring (bicyclic) bond motifs is 1. The number of morpholine rings is 1. The molecule has 0 amide bonds. The predicted molar refractivity (Wildman–Crippen MR) is 74.7 cm³/mol. The zero-order chi connectivity index (χ0) is 14.1. The smallest absolute Gasteiger partial charge is 0.356 e. The third-order valence-electron chi connectivity index (χ3n) is 4.05. The van der Waals surface area contributed by atoms with Gasteiger partial charge in [-0.1, -0.05) is 0 Å². The number of carbonyl (C=O) groups excluding carboxylic acids is 1. The average Bonchev–Trinajstić information content (AvgIpc) is 2.95. The maximum atomic E-state index is 11.6. The summed E-state index contributed by atoms with van der Waals surface area (Å²) in [6, 6.07) is 3.62. The van der Waals surface area contributed by atoms with E-state index in [1.807, 2.05) is 0 Å². The topological polar surface area (TPSA) is 77.7 Å². The molecule has 0 radical (unpaired) electrons. The maximum absolute atomic E-state index is 11.6. The fraction of sp³-hybridized carbons (Fsp3) is 0.571. The lowest BCUT2D eigenvalue weighted by molar-refractivity contribution is 0.0253. The summed E-state index contributed by atoms with van der Waals surface area (Å²) >= 11 is 0. The number of hydrogen-bond acceptors (Lipinski definition) is 6. The largest absolute Gasteiger partial charge is 0.464 e. The molecule has 6 nitrogen and oxygen atoms in total. The Morgan fingerprint density at radius 1 is 1.50 bits per heavy atom. The third-order valence-corrected chi connectivity index (χ3v) is 4.05. The molecule has 0 aromatic carbocycles. The van der Waals surface area contributed by atoms with Gasteiger partial charge in [0.05, 0.1) is 31.5 Å². The number of nitrogen functional groups attached to an aromatic ring is 1. The molecule has 1 aromatic heterocycles. The first-order valence-electron chi connectivity index (χ1n) is 6.94. The summed E-state index contributed by atoms with van der Waals surface area (Å²) in [4.78, 5) is 18.2. The molecule has 2 aliphatic rings. The molecular weight excluding hydrogens is 258 g/mol. The van der Waals surface area contributed by atoms with Gasteiger partial charge in [-0.3, -0.25) is 0 Å². The lowest BCUT2D eigenvalue weighted by Crippen LogP contribution is -2.49. The second-order valence-electron chi connectivity index (χ2n) is 5.20. The highest BCUT2D eigenvalue weighted by atomic mass is 16.5. The van der Waals surface area contributed by atoms with Gasteiger partial charge in [-0.05, 0) is 31.4 Å². The quantitative estimate of drug-likeness (QED) is 0.819. The first kappa shape index (κ1) is 13.2. The van der Waals surface area contributed by atoms with Crippen LogP contribution in [0.3, 0.4) is 0 Å². The van der Waals surface area contributed by atoms with Crippen molar-refractivity contribution in [2.24, 2.45) is 0 Å². The minimum Gasteiger partial charge on any atom is -0.464 e. The van der Waals surface area contributed by atoms with Gasteiger partial charge in [0.2, 0.25) is 0 Å². The number of hydrogen-bond donors (Lipinski definition) is 1. The average molecular weight is 277 g/mol. The van der Waals surface area contributed by atoms with Crippen molar-refractivity contribution in [3.8, 4) is 0 Å². The SMILES string of the molecule is COC(=O)c1ccc(N)c(N2CCOC3CCCC32)n1. The van der Waals surface area contributed by atoms with Crippen molar-refractivity contribution in [3.05, 3.63) is 17.8 Å². The highest BCUT2D eigenvalue weighted by Crippen LogP contribution is 2.34. The minimum absolute atomic E-state index is 0.256. The van der Waals surface area contributed by atoms with Crippen molar-refractivity contribution in [1.82, 2.24) is 4.98 Å². The monoisotopic (exact) mass is 277 g/mol. The Hall–Kier alpha value is -1.82. The van der Waals surface area contributed by atoms with Gasteiger partial charge >= 0.3 is 5.97 Å². The Morgan fingerprint density at radius 2 is 2.35 bits per heavy atom. The molecule has 0 spiro atoms. The molecule has 2 heterocycles. The van der Waals surface area contributed by atoms with Crippen LogP contribution in [0.15, 0.2) is 12.1 Å². The highest BCUT2D eigenvalue weighted by molar-refractivity contribution is 5.88. The summed E-state index contributed by atoms with van der Waals surface area (Å²) in [6.45, 7) is 1.42. The van der Waals surface area contributed by atoms with Crippen LogP contribution >= 0.6 is 0 Å². The summed E-state index contributed by atoms with van der Waals surface area (Å²) in [5.41, 5.74) is 6.93. The van der Waals surface area contributed by atoms with Gasteiger partial charge in [0.1, 0.15) is 0 Å². The van der Waals surface area contributed by atoms with E-state index in [0.717, 1.165) is 25.8 Å². The Bertz CT molecular complexity index is 520. The lowest BCUT2D eigenvalue weighted by atomic mass is 10.1. The second kappa shape index (κ2) is 5.28. The molecule has 3 rings (SSSR count). The third kappa shape index (κ3) is 2.20. The number of carbonyl (C=O) groups is 1. The number of nitrogens with zero attached hydrogens (tertiary/aromatic N) is 2. The highest BCUT2D eigenvalue weighted by Gasteiger charge is 2.37. The Labute approximate surface area is 117 Å². The summed E-state index contributed by atoms with van der Waals surface area (Å²) in [7, 11) is 1.35. The maximum Gasteiger partial charge on any atom is 0.356 e. The van der Waals surface area contributed by atoms with E-state index >= 15 is 0 Å².